The number of rotatable bonds is 6. The molecule has 0 unspecified atom stereocenters. The summed E-state index contributed by atoms with van der Waals surface area (Å²) in [4.78, 5) is 27.1. The Morgan fingerprint density at radius 3 is 2.31 bits per heavy atom. The van der Waals surface area contributed by atoms with Crippen molar-refractivity contribution in [1.29, 1.82) is 0 Å². The number of carbonyl (C=O) groups excluding carboxylic acids is 1. The van der Waals surface area contributed by atoms with Crippen LogP contribution in [0.5, 0.6) is 0 Å². The number of ether oxygens (including phenoxy) is 1. The third kappa shape index (κ3) is 5.94. The van der Waals surface area contributed by atoms with Gasteiger partial charge in [0.05, 0.1) is 29.6 Å². The van der Waals surface area contributed by atoms with Crippen LogP contribution in [0, 0.1) is 10.1 Å². The Morgan fingerprint density at radius 1 is 1.12 bits per heavy atom. The van der Waals surface area contributed by atoms with Crippen molar-refractivity contribution in [2.24, 2.45) is 0 Å². The van der Waals surface area contributed by atoms with Crippen molar-refractivity contribution in [2.75, 3.05) is 63.9 Å². The van der Waals surface area contributed by atoms with Crippen LogP contribution in [-0.4, -0.2) is 93.0 Å². The number of nitro benzene ring substituents is 1. The second kappa shape index (κ2) is 9.69. The first kappa shape index (κ1) is 24.4. The average Bonchev–Trinajstić information content (AvgIpc) is 2.73. The number of sulfonamides is 1. The minimum Gasteiger partial charge on any atom is -0.379 e. The smallest absolute Gasteiger partial charge is 0.293 e. The maximum atomic E-state index is 12.9. The van der Waals surface area contributed by atoms with E-state index in [1.807, 2.05) is 30.6 Å². The minimum absolute atomic E-state index is 0.0606. The fourth-order valence-electron chi connectivity index (χ4n) is 3.82. The van der Waals surface area contributed by atoms with Gasteiger partial charge in [0.2, 0.25) is 15.9 Å². The summed E-state index contributed by atoms with van der Waals surface area (Å²) in [6.07, 6.45) is 0. The van der Waals surface area contributed by atoms with Crippen molar-refractivity contribution in [3.63, 3.8) is 0 Å². The van der Waals surface area contributed by atoms with Crippen molar-refractivity contribution in [1.82, 2.24) is 14.5 Å². The van der Waals surface area contributed by atoms with Gasteiger partial charge in [0, 0.05) is 50.9 Å². The van der Waals surface area contributed by atoms with Crippen LogP contribution in [0.25, 0.3) is 0 Å². The molecular weight excluding hydrogens is 438 g/mol. The average molecular weight is 470 g/mol. The molecule has 2 saturated heterocycles. The molecule has 2 heterocycles. The Labute approximate surface area is 188 Å². The van der Waals surface area contributed by atoms with Crippen molar-refractivity contribution in [3.8, 4) is 0 Å². The second-order valence-corrected chi connectivity index (χ2v) is 10.9. The van der Waals surface area contributed by atoms with Crippen LogP contribution >= 0.6 is 0 Å². The van der Waals surface area contributed by atoms with E-state index in [0.29, 0.717) is 45.1 Å². The Hall–Kier alpha value is -2.28. The van der Waals surface area contributed by atoms with Gasteiger partial charge in [-0.05, 0) is 32.9 Å². The molecule has 1 aromatic carbocycles. The summed E-state index contributed by atoms with van der Waals surface area (Å²) < 4.78 is 32.3. The number of hydrogen-bond donors (Lipinski definition) is 1. The Bertz CT molecular complexity index is 948. The van der Waals surface area contributed by atoms with Gasteiger partial charge in [-0.2, -0.15) is 4.31 Å². The molecule has 1 N–H and O–H groups in total. The van der Waals surface area contributed by atoms with Crippen LogP contribution < -0.4 is 10.2 Å². The van der Waals surface area contributed by atoms with Gasteiger partial charge < -0.3 is 15.0 Å². The fourth-order valence-corrected chi connectivity index (χ4v) is 5.25. The first-order valence-corrected chi connectivity index (χ1v) is 12.1. The number of carbonyl (C=O) groups is 1. The molecule has 12 heteroatoms. The molecule has 2 fully saturated rings. The standard InChI is InChI=1S/C20H31N5O6S/c1-20(2,3)21-19(26)15-22-6-8-23(9-7-22)17-5-4-16(14-18(17)25(27)28)32(29,30)24-10-12-31-13-11-24/h4-5,14H,6-13,15H2,1-3H3,(H,21,26). The van der Waals surface area contributed by atoms with Crippen LogP contribution in [0.1, 0.15) is 20.8 Å². The SMILES string of the molecule is CC(C)(C)NC(=O)CN1CCN(c2ccc(S(=O)(=O)N3CCOCC3)cc2[N+](=O)[O-])CC1. The van der Waals surface area contributed by atoms with Crippen LogP contribution in [0.3, 0.4) is 0 Å². The van der Waals surface area contributed by atoms with Gasteiger partial charge in [-0.1, -0.05) is 0 Å². The number of piperazine rings is 1. The topological polar surface area (TPSA) is 125 Å². The number of hydrogen-bond acceptors (Lipinski definition) is 8. The summed E-state index contributed by atoms with van der Waals surface area (Å²) in [5.41, 5.74) is -0.156. The molecule has 0 spiro atoms. The molecule has 0 radical (unpaired) electrons. The van der Waals surface area contributed by atoms with Crippen molar-refractivity contribution < 1.29 is 22.9 Å². The third-order valence-electron chi connectivity index (χ3n) is 5.35. The number of anilines is 1. The summed E-state index contributed by atoms with van der Waals surface area (Å²) in [7, 11) is -3.83. The van der Waals surface area contributed by atoms with E-state index in [1.165, 1.54) is 16.4 Å². The molecule has 0 saturated carbocycles. The lowest BCUT2D eigenvalue weighted by molar-refractivity contribution is -0.384. The molecule has 2 aliphatic rings. The highest BCUT2D eigenvalue weighted by molar-refractivity contribution is 7.89. The maximum Gasteiger partial charge on any atom is 0.293 e. The van der Waals surface area contributed by atoms with Crippen LogP contribution in [0.15, 0.2) is 23.1 Å². The molecule has 0 aromatic heterocycles. The van der Waals surface area contributed by atoms with E-state index in [0.717, 1.165) is 6.07 Å². The first-order valence-electron chi connectivity index (χ1n) is 10.6. The highest BCUT2D eigenvalue weighted by atomic mass is 32.2. The van der Waals surface area contributed by atoms with Crippen LogP contribution in [0.4, 0.5) is 11.4 Å². The monoisotopic (exact) mass is 469 g/mol. The Balaban J connectivity index is 1.71. The molecule has 32 heavy (non-hydrogen) atoms. The molecule has 0 aliphatic carbocycles. The van der Waals surface area contributed by atoms with Gasteiger partial charge in [-0.25, -0.2) is 8.42 Å². The number of nitrogens with one attached hydrogen (secondary N) is 1. The van der Waals surface area contributed by atoms with Crippen LogP contribution in [-0.2, 0) is 19.6 Å². The lowest BCUT2D eigenvalue weighted by Gasteiger charge is -2.36. The highest BCUT2D eigenvalue weighted by Gasteiger charge is 2.31. The zero-order chi connectivity index (χ0) is 23.5. The molecule has 178 valence electrons. The highest BCUT2D eigenvalue weighted by Crippen LogP contribution is 2.32. The number of nitro groups is 1. The largest absolute Gasteiger partial charge is 0.379 e. The molecule has 0 atom stereocenters. The number of benzene rings is 1. The molecule has 2 aliphatic heterocycles. The number of nitrogens with zero attached hydrogens (tertiary/aromatic N) is 4. The summed E-state index contributed by atoms with van der Waals surface area (Å²) in [6.45, 7) is 9.23. The molecule has 1 aromatic rings. The van der Waals surface area contributed by atoms with Gasteiger partial charge in [0.1, 0.15) is 5.69 Å². The van der Waals surface area contributed by atoms with Crippen molar-refractivity contribution in [2.45, 2.75) is 31.2 Å². The normalized spacial score (nSPS) is 19.0. The third-order valence-corrected chi connectivity index (χ3v) is 7.24. The van der Waals surface area contributed by atoms with Gasteiger partial charge in [-0.3, -0.25) is 19.8 Å². The van der Waals surface area contributed by atoms with Gasteiger partial charge in [0.25, 0.3) is 5.69 Å². The van der Waals surface area contributed by atoms with E-state index in [4.69, 9.17) is 4.74 Å². The summed E-state index contributed by atoms with van der Waals surface area (Å²) in [5.74, 6) is -0.0606. The van der Waals surface area contributed by atoms with Crippen LogP contribution in [0.2, 0.25) is 0 Å². The summed E-state index contributed by atoms with van der Waals surface area (Å²) in [5, 5.41) is 14.7. The first-order chi connectivity index (χ1) is 15.0. The fraction of sp³-hybridized carbons (Fsp3) is 0.650. The van der Waals surface area contributed by atoms with E-state index in [-0.39, 0.29) is 41.7 Å². The maximum absolute atomic E-state index is 12.9. The zero-order valence-corrected chi connectivity index (χ0v) is 19.6. The minimum atomic E-state index is -3.83. The predicted molar refractivity (Wildman–Crippen MR) is 119 cm³/mol. The zero-order valence-electron chi connectivity index (χ0n) is 18.7. The molecule has 3 rings (SSSR count). The van der Waals surface area contributed by atoms with E-state index >= 15 is 0 Å². The predicted octanol–water partition coefficient (Wildman–Crippen LogP) is 0.652. The van der Waals surface area contributed by atoms with Crippen molar-refractivity contribution in [3.05, 3.63) is 28.3 Å². The number of morpholine rings is 1. The summed E-state index contributed by atoms with van der Waals surface area (Å²) in [6, 6.07) is 4.08. The van der Waals surface area contributed by atoms with E-state index in [9.17, 15) is 23.3 Å². The van der Waals surface area contributed by atoms with Gasteiger partial charge >= 0.3 is 0 Å². The van der Waals surface area contributed by atoms with E-state index in [2.05, 4.69) is 5.32 Å². The Kier molecular flexibility index (Phi) is 7.38. The van der Waals surface area contributed by atoms with Gasteiger partial charge in [0.15, 0.2) is 0 Å². The molecule has 0 bridgehead atoms. The molecule has 1 amide bonds. The quantitative estimate of drug-likeness (QED) is 0.476. The molecular formula is C20H31N5O6S. The lowest BCUT2D eigenvalue weighted by atomic mass is 10.1. The van der Waals surface area contributed by atoms with Gasteiger partial charge in [-0.15, -0.1) is 0 Å². The second-order valence-electron chi connectivity index (χ2n) is 8.99. The summed E-state index contributed by atoms with van der Waals surface area (Å²) >= 11 is 0. The lowest BCUT2D eigenvalue weighted by Crippen LogP contribution is -2.51. The Morgan fingerprint density at radius 2 is 1.75 bits per heavy atom. The molecule has 11 nitrogen and oxygen atoms in total. The van der Waals surface area contributed by atoms with E-state index < -0.39 is 14.9 Å². The number of amides is 1. The van der Waals surface area contributed by atoms with Crippen molar-refractivity contribution >= 4 is 27.3 Å². The van der Waals surface area contributed by atoms with E-state index in [1.54, 1.807) is 0 Å².